The van der Waals surface area contributed by atoms with Crippen molar-refractivity contribution in [3.05, 3.63) is 23.8 Å². The number of rotatable bonds is 3. The van der Waals surface area contributed by atoms with Crippen molar-refractivity contribution in [2.24, 2.45) is 5.73 Å². The quantitative estimate of drug-likeness (QED) is 0.756. The van der Waals surface area contributed by atoms with Crippen molar-refractivity contribution < 1.29 is 9.84 Å². The number of nitrogens with zero attached hydrogens (tertiary/aromatic N) is 1. The maximum absolute atomic E-state index is 9.48. The van der Waals surface area contributed by atoms with E-state index in [4.69, 9.17) is 15.7 Å². The van der Waals surface area contributed by atoms with Crippen LogP contribution in [0.15, 0.2) is 18.2 Å². The molecule has 0 saturated carbocycles. The number of nitriles is 1. The van der Waals surface area contributed by atoms with Crippen molar-refractivity contribution in [3.63, 3.8) is 0 Å². The summed E-state index contributed by atoms with van der Waals surface area (Å²) >= 11 is 0. The van der Waals surface area contributed by atoms with Crippen LogP contribution in [-0.2, 0) is 0 Å². The molecule has 1 atom stereocenters. The molecule has 0 unspecified atom stereocenters. The van der Waals surface area contributed by atoms with Gasteiger partial charge in [-0.1, -0.05) is 0 Å². The highest BCUT2D eigenvalue weighted by molar-refractivity contribution is 5.41. The Kier molecular flexibility index (Phi) is 3.32. The minimum absolute atomic E-state index is 0.0913. The molecule has 1 aromatic carbocycles. The second kappa shape index (κ2) is 4.49. The fourth-order valence-corrected chi connectivity index (χ4v) is 1.16. The normalized spacial score (nSPS) is 11.8. The largest absolute Gasteiger partial charge is 0.508 e. The highest BCUT2D eigenvalue weighted by Gasteiger charge is 2.11. The second-order valence-electron chi connectivity index (χ2n) is 2.89. The van der Waals surface area contributed by atoms with Crippen molar-refractivity contribution in [1.29, 1.82) is 5.26 Å². The molecule has 0 saturated heterocycles. The first-order valence-corrected chi connectivity index (χ1v) is 4.18. The first kappa shape index (κ1) is 10.4. The van der Waals surface area contributed by atoms with Crippen LogP contribution in [0.4, 0.5) is 0 Å². The van der Waals surface area contributed by atoms with Crippen LogP contribution in [0.3, 0.4) is 0 Å². The zero-order chi connectivity index (χ0) is 10.6. The average molecular weight is 192 g/mol. The number of phenols is 1. The molecular weight excluding hydrogens is 180 g/mol. The van der Waals surface area contributed by atoms with E-state index in [1.165, 1.54) is 13.2 Å². The molecule has 4 heteroatoms. The van der Waals surface area contributed by atoms with Gasteiger partial charge in [0.05, 0.1) is 19.6 Å². The van der Waals surface area contributed by atoms with E-state index in [0.717, 1.165) is 0 Å². The van der Waals surface area contributed by atoms with Crippen LogP contribution < -0.4 is 10.5 Å². The van der Waals surface area contributed by atoms with Gasteiger partial charge in [0, 0.05) is 11.6 Å². The van der Waals surface area contributed by atoms with Crippen LogP contribution in [0.2, 0.25) is 0 Å². The van der Waals surface area contributed by atoms with Crippen molar-refractivity contribution >= 4 is 0 Å². The van der Waals surface area contributed by atoms with Gasteiger partial charge < -0.3 is 15.6 Å². The molecule has 3 N–H and O–H groups in total. The molecule has 1 rings (SSSR count). The Morgan fingerprint density at radius 2 is 2.36 bits per heavy atom. The van der Waals surface area contributed by atoms with Crippen LogP contribution in [0.25, 0.3) is 0 Å². The smallest absolute Gasteiger partial charge is 0.120 e. The van der Waals surface area contributed by atoms with Gasteiger partial charge in [0.2, 0.25) is 0 Å². The molecule has 4 nitrogen and oxygen atoms in total. The maximum atomic E-state index is 9.48. The van der Waals surface area contributed by atoms with Crippen molar-refractivity contribution in [2.75, 3.05) is 7.11 Å². The zero-order valence-electron chi connectivity index (χ0n) is 7.90. The van der Waals surface area contributed by atoms with E-state index in [1.807, 2.05) is 6.07 Å². The number of aromatic hydroxyl groups is 1. The second-order valence-corrected chi connectivity index (χ2v) is 2.89. The molecule has 0 aliphatic carbocycles. The number of nitrogens with two attached hydrogens (primary N) is 1. The lowest BCUT2D eigenvalue weighted by Crippen LogP contribution is -2.09. The fourth-order valence-electron chi connectivity index (χ4n) is 1.16. The van der Waals surface area contributed by atoms with E-state index in [9.17, 15) is 5.11 Å². The summed E-state index contributed by atoms with van der Waals surface area (Å²) in [4.78, 5) is 0. The van der Waals surface area contributed by atoms with E-state index >= 15 is 0 Å². The Morgan fingerprint density at radius 1 is 1.64 bits per heavy atom. The third-order valence-electron chi connectivity index (χ3n) is 1.95. The molecular formula is C10H12N2O2. The number of ether oxygens (including phenoxy) is 1. The van der Waals surface area contributed by atoms with Crippen LogP contribution in [0.1, 0.15) is 18.0 Å². The van der Waals surface area contributed by atoms with Crippen LogP contribution in [0, 0.1) is 11.3 Å². The molecule has 0 radical (unpaired) electrons. The number of benzene rings is 1. The molecule has 0 amide bonds. The summed E-state index contributed by atoms with van der Waals surface area (Å²) in [5, 5.41) is 18.0. The molecule has 0 aromatic heterocycles. The first-order valence-electron chi connectivity index (χ1n) is 4.18. The minimum Gasteiger partial charge on any atom is -0.508 e. The Morgan fingerprint density at radius 3 is 2.93 bits per heavy atom. The van der Waals surface area contributed by atoms with Gasteiger partial charge in [0.25, 0.3) is 0 Å². The number of hydrogen-bond donors (Lipinski definition) is 2. The van der Waals surface area contributed by atoms with Crippen molar-refractivity contribution in [1.82, 2.24) is 0 Å². The highest BCUT2D eigenvalue weighted by Crippen LogP contribution is 2.28. The predicted octanol–water partition coefficient (Wildman–Crippen LogP) is 1.31. The SMILES string of the molecule is COc1ccc(O)c([C@H](N)CC#N)c1. The van der Waals surface area contributed by atoms with Gasteiger partial charge in [0.1, 0.15) is 11.5 Å². The Balaban J connectivity index is 3.00. The summed E-state index contributed by atoms with van der Waals surface area (Å²) in [5.41, 5.74) is 6.23. The van der Waals surface area contributed by atoms with Crippen molar-refractivity contribution in [2.45, 2.75) is 12.5 Å². The van der Waals surface area contributed by atoms with E-state index in [2.05, 4.69) is 0 Å². The Labute approximate surface area is 82.5 Å². The lowest BCUT2D eigenvalue weighted by atomic mass is 10.0. The van der Waals surface area contributed by atoms with Crippen LogP contribution in [0.5, 0.6) is 11.5 Å². The third kappa shape index (κ3) is 2.15. The van der Waals surface area contributed by atoms with Gasteiger partial charge in [-0.25, -0.2) is 0 Å². The van der Waals surface area contributed by atoms with Gasteiger partial charge >= 0.3 is 0 Å². The summed E-state index contributed by atoms with van der Waals surface area (Å²) in [7, 11) is 1.53. The molecule has 0 spiro atoms. The Hall–Kier alpha value is -1.73. The molecule has 0 aliphatic heterocycles. The zero-order valence-corrected chi connectivity index (χ0v) is 7.90. The predicted molar refractivity (Wildman–Crippen MR) is 51.8 cm³/mol. The minimum atomic E-state index is -0.477. The van der Waals surface area contributed by atoms with Gasteiger partial charge in [-0.15, -0.1) is 0 Å². The van der Waals surface area contributed by atoms with Gasteiger partial charge in [-0.2, -0.15) is 5.26 Å². The summed E-state index contributed by atoms with van der Waals surface area (Å²) < 4.78 is 4.99. The molecule has 0 heterocycles. The monoisotopic (exact) mass is 192 g/mol. The molecule has 74 valence electrons. The van der Waals surface area contributed by atoms with E-state index in [-0.39, 0.29) is 12.2 Å². The van der Waals surface area contributed by atoms with Gasteiger partial charge in [0.15, 0.2) is 0 Å². The summed E-state index contributed by atoms with van der Waals surface area (Å²) in [5.74, 6) is 0.708. The molecule has 0 bridgehead atoms. The fraction of sp³-hybridized carbons (Fsp3) is 0.300. The summed E-state index contributed by atoms with van der Waals surface area (Å²) in [6.45, 7) is 0. The lowest BCUT2D eigenvalue weighted by molar-refractivity contribution is 0.409. The topological polar surface area (TPSA) is 79.3 Å². The van der Waals surface area contributed by atoms with E-state index in [1.54, 1.807) is 12.1 Å². The average Bonchev–Trinajstić information content (AvgIpc) is 2.19. The number of methoxy groups -OCH3 is 1. The van der Waals surface area contributed by atoms with Crippen molar-refractivity contribution in [3.8, 4) is 17.6 Å². The molecule has 1 aromatic rings. The van der Waals surface area contributed by atoms with E-state index < -0.39 is 6.04 Å². The number of hydrogen-bond acceptors (Lipinski definition) is 4. The van der Waals surface area contributed by atoms with Crippen LogP contribution >= 0.6 is 0 Å². The first-order chi connectivity index (χ1) is 6.69. The van der Waals surface area contributed by atoms with Crippen LogP contribution in [-0.4, -0.2) is 12.2 Å². The molecule has 0 fully saturated rings. The standard InChI is InChI=1S/C10H12N2O2/c1-14-7-2-3-10(13)8(6-7)9(12)4-5-11/h2-3,6,9,13H,4,12H2,1H3/t9-/m1/s1. The molecule has 0 aliphatic rings. The molecule has 14 heavy (non-hydrogen) atoms. The lowest BCUT2D eigenvalue weighted by Gasteiger charge is -2.11. The number of phenolic OH excluding ortho intramolecular Hbond substituents is 1. The third-order valence-corrected chi connectivity index (χ3v) is 1.95. The summed E-state index contributed by atoms with van der Waals surface area (Å²) in [6.07, 6.45) is 0.167. The van der Waals surface area contributed by atoms with Gasteiger partial charge in [-0.3, -0.25) is 0 Å². The van der Waals surface area contributed by atoms with E-state index in [0.29, 0.717) is 11.3 Å². The Bertz CT molecular complexity index is 358. The van der Waals surface area contributed by atoms with Gasteiger partial charge in [-0.05, 0) is 18.2 Å². The maximum Gasteiger partial charge on any atom is 0.120 e. The highest BCUT2D eigenvalue weighted by atomic mass is 16.5. The summed E-state index contributed by atoms with van der Waals surface area (Å²) in [6, 6.07) is 6.26.